The summed E-state index contributed by atoms with van der Waals surface area (Å²) in [5.74, 6) is 0. The van der Waals surface area contributed by atoms with Crippen molar-refractivity contribution in [3.63, 3.8) is 0 Å². The molecule has 0 saturated carbocycles. The molecule has 0 atom stereocenters. The highest BCUT2D eigenvalue weighted by atomic mass is 35.5. The molecule has 2 nitrogen and oxygen atoms in total. The molecule has 0 heterocycles. The summed E-state index contributed by atoms with van der Waals surface area (Å²) in [6.45, 7) is 11.1. The number of hydrogen-bond acceptors (Lipinski definition) is 1. The molecule has 17 heavy (non-hydrogen) atoms. The Hall–Kier alpha value is -1.02. The maximum Gasteiger partial charge on any atom is 0.313 e. The van der Waals surface area contributed by atoms with Gasteiger partial charge in [-0.3, -0.25) is 4.79 Å². The molecule has 0 saturated heterocycles. The molecule has 0 bridgehead atoms. The largest absolute Gasteiger partial charge is 0.342 e. The van der Waals surface area contributed by atoms with E-state index in [0.717, 1.165) is 0 Å². The smallest absolute Gasteiger partial charge is 0.313 e. The van der Waals surface area contributed by atoms with E-state index in [-0.39, 0.29) is 5.41 Å². The third-order valence-electron chi connectivity index (χ3n) is 3.24. The second-order valence-electron chi connectivity index (χ2n) is 5.26. The minimum absolute atomic E-state index is 0.118. The van der Waals surface area contributed by atoms with Gasteiger partial charge in [0.15, 0.2) is 0 Å². The Morgan fingerprint density at radius 2 is 1.71 bits per heavy atom. The van der Waals surface area contributed by atoms with Crippen molar-refractivity contribution < 1.29 is 4.79 Å². The Morgan fingerprint density at radius 1 is 1.18 bits per heavy atom. The molecule has 1 rings (SSSR count). The fourth-order valence-corrected chi connectivity index (χ4v) is 2.14. The van der Waals surface area contributed by atoms with Crippen LogP contribution in [0.15, 0.2) is 12.1 Å². The van der Waals surface area contributed by atoms with Gasteiger partial charge in [-0.15, -0.1) is 0 Å². The van der Waals surface area contributed by atoms with E-state index in [1.807, 2.05) is 0 Å². The monoisotopic (exact) mass is 253 g/mol. The molecule has 0 aliphatic rings. The second-order valence-corrected chi connectivity index (χ2v) is 5.61. The first kappa shape index (κ1) is 14.0. The van der Waals surface area contributed by atoms with E-state index in [4.69, 9.17) is 11.6 Å². The molecule has 0 spiro atoms. The minimum Gasteiger partial charge on any atom is -0.342 e. The van der Waals surface area contributed by atoms with Crippen LogP contribution in [-0.2, 0) is 5.41 Å². The Morgan fingerprint density at radius 3 is 2.24 bits per heavy atom. The molecule has 0 fully saturated rings. The summed E-state index contributed by atoms with van der Waals surface area (Å²) in [4.78, 5) is 10.8. The molecule has 94 valence electrons. The SMILES string of the molecule is Cc1cc(C)c(C(C)(C)CNC(=O)Cl)cc1C. The van der Waals surface area contributed by atoms with Crippen LogP contribution in [0.5, 0.6) is 0 Å². The summed E-state index contributed by atoms with van der Waals surface area (Å²) in [6.07, 6.45) is 0. The number of nitrogens with one attached hydrogen (secondary N) is 1. The van der Waals surface area contributed by atoms with Gasteiger partial charge in [0.1, 0.15) is 0 Å². The van der Waals surface area contributed by atoms with Crippen molar-refractivity contribution in [2.75, 3.05) is 6.54 Å². The normalized spacial score (nSPS) is 11.4. The molecule has 0 radical (unpaired) electrons. The van der Waals surface area contributed by atoms with E-state index in [1.54, 1.807) is 0 Å². The fourth-order valence-electron chi connectivity index (χ4n) is 2.08. The Labute approximate surface area is 108 Å². The van der Waals surface area contributed by atoms with Gasteiger partial charge < -0.3 is 5.32 Å². The number of hydrogen-bond donors (Lipinski definition) is 1. The number of carbonyl (C=O) groups is 1. The van der Waals surface area contributed by atoms with Gasteiger partial charge >= 0.3 is 5.37 Å². The maximum absolute atomic E-state index is 10.8. The highest BCUT2D eigenvalue weighted by Gasteiger charge is 2.23. The van der Waals surface area contributed by atoms with E-state index in [9.17, 15) is 4.79 Å². The van der Waals surface area contributed by atoms with Crippen molar-refractivity contribution in [2.24, 2.45) is 0 Å². The van der Waals surface area contributed by atoms with E-state index >= 15 is 0 Å². The van der Waals surface area contributed by atoms with Crippen molar-refractivity contribution in [1.29, 1.82) is 0 Å². The van der Waals surface area contributed by atoms with Crippen molar-refractivity contribution >= 4 is 17.0 Å². The number of rotatable bonds is 3. The van der Waals surface area contributed by atoms with Crippen molar-refractivity contribution in [3.05, 3.63) is 34.4 Å². The summed E-state index contributed by atoms with van der Waals surface area (Å²) < 4.78 is 0. The third-order valence-corrected chi connectivity index (χ3v) is 3.37. The third kappa shape index (κ3) is 3.47. The van der Waals surface area contributed by atoms with Crippen LogP contribution >= 0.6 is 11.6 Å². The first-order valence-electron chi connectivity index (χ1n) is 5.75. The summed E-state index contributed by atoms with van der Waals surface area (Å²) in [5.41, 5.74) is 4.96. The Balaban J connectivity index is 3.05. The maximum atomic E-state index is 10.8. The van der Waals surface area contributed by atoms with Gasteiger partial charge in [0, 0.05) is 12.0 Å². The predicted molar refractivity (Wildman–Crippen MR) is 72.9 cm³/mol. The van der Waals surface area contributed by atoms with Crippen LogP contribution in [0.1, 0.15) is 36.1 Å². The first-order chi connectivity index (χ1) is 7.74. The molecule has 0 aromatic heterocycles. The number of halogens is 1. The zero-order valence-electron chi connectivity index (χ0n) is 11.1. The standard InChI is InChI=1S/C14H20ClNO/c1-9-6-11(3)12(7-10(9)2)14(4,5)8-16-13(15)17/h6-7H,8H2,1-5H3,(H,16,17). The molecule has 3 heteroatoms. The first-order valence-corrected chi connectivity index (χ1v) is 6.13. The quantitative estimate of drug-likeness (QED) is 0.644. The molecular weight excluding hydrogens is 234 g/mol. The predicted octanol–water partition coefficient (Wildman–Crippen LogP) is 3.84. The highest BCUT2D eigenvalue weighted by Crippen LogP contribution is 2.28. The van der Waals surface area contributed by atoms with Crippen LogP contribution in [0, 0.1) is 20.8 Å². The lowest BCUT2D eigenvalue weighted by Crippen LogP contribution is -2.34. The van der Waals surface area contributed by atoms with Crippen molar-refractivity contribution in [3.8, 4) is 0 Å². The average molecular weight is 254 g/mol. The number of aryl methyl sites for hydroxylation is 3. The topological polar surface area (TPSA) is 29.1 Å². The van der Waals surface area contributed by atoms with E-state index in [1.165, 1.54) is 22.3 Å². The van der Waals surface area contributed by atoms with Crippen LogP contribution < -0.4 is 5.32 Å². The highest BCUT2D eigenvalue weighted by molar-refractivity contribution is 6.62. The average Bonchev–Trinajstić information content (AvgIpc) is 2.20. The fraction of sp³-hybridized carbons (Fsp3) is 0.500. The molecule has 0 aliphatic heterocycles. The Kier molecular flexibility index (Phi) is 4.21. The molecule has 1 amide bonds. The van der Waals surface area contributed by atoms with E-state index in [0.29, 0.717) is 6.54 Å². The number of amides is 1. The van der Waals surface area contributed by atoms with Gasteiger partial charge in [0.2, 0.25) is 0 Å². The van der Waals surface area contributed by atoms with E-state index in [2.05, 4.69) is 52.1 Å². The van der Waals surface area contributed by atoms with E-state index < -0.39 is 5.37 Å². The van der Waals surface area contributed by atoms with Gasteiger partial charge in [0.25, 0.3) is 0 Å². The van der Waals surface area contributed by atoms with Crippen LogP contribution in [0.25, 0.3) is 0 Å². The van der Waals surface area contributed by atoms with Gasteiger partial charge in [0.05, 0.1) is 0 Å². The molecule has 0 unspecified atom stereocenters. The van der Waals surface area contributed by atoms with Gasteiger partial charge in [-0.2, -0.15) is 0 Å². The molecular formula is C14H20ClNO. The molecule has 1 N–H and O–H groups in total. The zero-order chi connectivity index (χ0) is 13.2. The number of benzene rings is 1. The van der Waals surface area contributed by atoms with Crippen LogP contribution in [-0.4, -0.2) is 11.9 Å². The molecule has 1 aromatic rings. The molecule has 1 aromatic carbocycles. The van der Waals surface area contributed by atoms with Crippen LogP contribution in [0.2, 0.25) is 0 Å². The van der Waals surface area contributed by atoms with Crippen molar-refractivity contribution in [1.82, 2.24) is 5.32 Å². The Bertz CT molecular complexity index is 438. The summed E-state index contributed by atoms with van der Waals surface area (Å²) >= 11 is 5.32. The van der Waals surface area contributed by atoms with Gasteiger partial charge in [-0.1, -0.05) is 26.0 Å². The minimum atomic E-state index is -0.500. The summed E-state index contributed by atoms with van der Waals surface area (Å²) in [6, 6.07) is 4.39. The lowest BCUT2D eigenvalue weighted by molar-refractivity contribution is 0.257. The molecule has 0 aliphatic carbocycles. The summed E-state index contributed by atoms with van der Waals surface area (Å²) in [5, 5.41) is 2.17. The summed E-state index contributed by atoms with van der Waals surface area (Å²) in [7, 11) is 0. The van der Waals surface area contributed by atoms with Crippen LogP contribution in [0.3, 0.4) is 0 Å². The van der Waals surface area contributed by atoms with Crippen LogP contribution in [0.4, 0.5) is 4.79 Å². The van der Waals surface area contributed by atoms with Gasteiger partial charge in [-0.05, 0) is 54.6 Å². The number of carbonyl (C=O) groups excluding carboxylic acids is 1. The van der Waals surface area contributed by atoms with Gasteiger partial charge in [-0.25, -0.2) is 0 Å². The van der Waals surface area contributed by atoms with Crippen molar-refractivity contribution in [2.45, 2.75) is 40.0 Å². The second kappa shape index (κ2) is 5.09. The lowest BCUT2D eigenvalue weighted by Gasteiger charge is -2.28. The lowest BCUT2D eigenvalue weighted by atomic mass is 9.80. The zero-order valence-corrected chi connectivity index (χ0v) is 11.9.